The molecule has 1 N–H and O–H groups in total. The average molecular weight is 435 g/mol. The van der Waals surface area contributed by atoms with Gasteiger partial charge in [0.1, 0.15) is 6.04 Å². The van der Waals surface area contributed by atoms with Crippen molar-refractivity contribution in [3.05, 3.63) is 69.7 Å². The van der Waals surface area contributed by atoms with Crippen LogP contribution in [-0.2, 0) is 22.6 Å². The van der Waals surface area contributed by atoms with E-state index in [-0.39, 0.29) is 24.4 Å². The van der Waals surface area contributed by atoms with Crippen LogP contribution in [0.1, 0.15) is 44.7 Å². The Morgan fingerprint density at radius 1 is 1.00 bits per heavy atom. The molecule has 0 aliphatic carbocycles. The number of amides is 2. The van der Waals surface area contributed by atoms with Crippen LogP contribution in [0.15, 0.2) is 48.5 Å². The van der Waals surface area contributed by atoms with Crippen LogP contribution in [0.5, 0.6) is 0 Å². The fraction of sp³-hybridized carbons (Fsp3) is 0.391. The number of nitrogens with zero attached hydrogens (tertiary/aromatic N) is 1. The fourth-order valence-electron chi connectivity index (χ4n) is 3.03. The van der Waals surface area contributed by atoms with Crippen molar-refractivity contribution in [2.75, 3.05) is 0 Å². The van der Waals surface area contributed by atoms with Crippen LogP contribution >= 0.6 is 23.2 Å². The van der Waals surface area contributed by atoms with Crippen LogP contribution in [0.2, 0.25) is 10.0 Å². The number of nitrogens with one attached hydrogen (secondary N) is 1. The van der Waals surface area contributed by atoms with Gasteiger partial charge in [-0.05, 0) is 36.6 Å². The zero-order valence-electron chi connectivity index (χ0n) is 17.1. The number of rotatable bonds is 9. The van der Waals surface area contributed by atoms with Crippen molar-refractivity contribution in [2.45, 2.75) is 58.7 Å². The van der Waals surface area contributed by atoms with Crippen molar-refractivity contribution in [3.63, 3.8) is 0 Å². The number of carbonyl (C=O) groups excluding carboxylic acids is 2. The Morgan fingerprint density at radius 3 is 2.28 bits per heavy atom. The van der Waals surface area contributed by atoms with Gasteiger partial charge in [0.05, 0.1) is 10.0 Å². The Morgan fingerprint density at radius 2 is 1.69 bits per heavy atom. The van der Waals surface area contributed by atoms with E-state index >= 15 is 0 Å². The summed E-state index contributed by atoms with van der Waals surface area (Å²) in [6.45, 7) is 6.07. The molecule has 2 rings (SSSR count). The second-order valence-corrected chi connectivity index (χ2v) is 7.96. The molecule has 0 fully saturated rings. The number of benzene rings is 2. The molecule has 29 heavy (non-hydrogen) atoms. The van der Waals surface area contributed by atoms with Crippen LogP contribution in [0.4, 0.5) is 0 Å². The van der Waals surface area contributed by atoms with E-state index in [1.165, 1.54) is 0 Å². The molecule has 156 valence electrons. The summed E-state index contributed by atoms with van der Waals surface area (Å²) < 4.78 is 0. The lowest BCUT2D eigenvalue weighted by atomic mass is 10.0. The van der Waals surface area contributed by atoms with Gasteiger partial charge in [-0.15, -0.1) is 0 Å². The van der Waals surface area contributed by atoms with Crippen molar-refractivity contribution >= 4 is 35.0 Å². The topological polar surface area (TPSA) is 49.4 Å². The number of hydrogen-bond acceptors (Lipinski definition) is 2. The van der Waals surface area contributed by atoms with Gasteiger partial charge in [-0.2, -0.15) is 0 Å². The summed E-state index contributed by atoms with van der Waals surface area (Å²) >= 11 is 12.2. The Labute approximate surface area is 183 Å². The van der Waals surface area contributed by atoms with Crippen LogP contribution in [0, 0.1) is 0 Å². The number of hydrogen-bond donors (Lipinski definition) is 1. The Balaban J connectivity index is 2.37. The van der Waals surface area contributed by atoms with Gasteiger partial charge in [0.15, 0.2) is 0 Å². The van der Waals surface area contributed by atoms with Gasteiger partial charge in [0.2, 0.25) is 11.8 Å². The van der Waals surface area contributed by atoms with E-state index < -0.39 is 6.04 Å². The van der Waals surface area contributed by atoms with Gasteiger partial charge in [-0.3, -0.25) is 9.59 Å². The van der Waals surface area contributed by atoms with E-state index in [0.717, 1.165) is 17.5 Å². The minimum absolute atomic E-state index is 0.0318. The molecule has 0 saturated heterocycles. The summed E-state index contributed by atoms with van der Waals surface area (Å²) in [5.41, 5.74) is 1.83. The maximum Gasteiger partial charge on any atom is 0.243 e. The van der Waals surface area contributed by atoms with E-state index in [2.05, 4.69) is 5.32 Å². The van der Waals surface area contributed by atoms with E-state index in [0.29, 0.717) is 22.9 Å². The Kier molecular flexibility index (Phi) is 8.99. The zero-order valence-corrected chi connectivity index (χ0v) is 18.6. The molecular weight excluding hydrogens is 407 g/mol. The summed E-state index contributed by atoms with van der Waals surface area (Å²) in [5.74, 6) is -0.235. The van der Waals surface area contributed by atoms with E-state index in [4.69, 9.17) is 23.2 Å². The van der Waals surface area contributed by atoms with Gasteiger partial charge in [-0.1, -0.05) is 73.4 Å². The molecule has 0 aromatic heterocycles. The van der Waals surface area contributed by atoms with Gasteiger partial charge in [0.25, 0.3) is 0 Å². The van der Waals surface area contributed by atoms with E-state index in [1.807, 2.05) is 50.2 Å². The molecule has 0 aliphatic heterocycles. The van der Waals surface area contributed by atoms with Crippen LogP contribution in [-0.4, -0.2) is 28.8 Å². The maximum atomic E-state index is 13.1. The van der Waals surface area contributed by atoms with Crippen LogP contribution in [0.3, 0.4) is 0 Å². The highest BCUT2D eigenvalue weighted by atomic mass is 35.5. The van der Waals surface area contributed by atoms with Crippen molar-refractivity contribution in [3.8, 4) is 0 Å². The van der Waals surface area contributed by atoms with Crippen LogP contribution < -0.4 is 5.32 Å². The molecule has 6 heteroatoms. The highest BCUT2D eigenvalue weighted by Gasteiger charge is 2.30. The fourth-order valence-corrected chi connectivity index (χ4v) is 3.35. The third kappa shape index (κ3) is 6.76. The summed E-state index contributed by atoms with van der Waals surface area (Å²) in [6.07, 6.45) is 1.57. The summed E-state index contributed by atoms with van der Waals surface area (Å²) in [6, 6.07) is 14.4. The highest BCUT2D eigenvalue weighted by Crippen LogP contribution is 2.24. The smallest absolute Gasteiger partial charge is 0.243 e. The molecule has 2 amide bonds. The minimum atomic E-state index is -0.617. The molecule has 0 radical (unpaired) electrons. The second kappa shape index (κ2) is 11.2. The largest absolute Gasteiger partial charge is 0.352 e. The molecule has 0 spiro atoms. The zero-order chi connectivity index (χ0) is 21.4. The quantitative estimate of drug-likeness (QED) is 0.584. The SMILES string of the molecule is CCC(=O)N(Cc1ccc(Cl)c(Cl)c1)C(Cc1ccccc1)C(=O)NC(C)CC. The number of carbonyl (C=O) groups is 2. The van der Waals surface area contributed by atoms with E-state index in [1.54, 1.807) is 24.0 Å². The van der Waals surface area contributed by atoms with Crippen molar-refractivity contribution in [1.82, 2.24) is 10.2 Å². The molecule has 2 aromatic rings. The third-order valence-corrected chi connectivity index (χ3v) is 5.65. The van der Waals surface area contributed by atoms with E-state index in [9.17, 15) is 9.59 Å². The predicted octanol–water partition coefficient (Wildman–Crippen LogP) is 5.26. The average Bonchev–Trinajstić information content (AvgIpc) is 2.73. The molecular formula is C23H28Cl2N2O2. The molecule has 0 aliphatic rings. The third-order valence-electron chi connectivity index (χ3n) is 4.91. The lowest BCUT2D eigenvalue weighted by molar-refractivity contribution is -0.141. The predicted molar refractivity (Wildman–Crippen MR) is 119 cm³/mol. The second-order valence-electron chi connectivity index (χ2n) is 7.15. The van der Waals surface area contributed by atoms with Crippen molar-refractivity contribution < 1.29 is 9.59 Å². The molecule has 0 saturated carbocycles. The normalized spacial score (nSPS) is 12.9. The Bertz CT molecular complexity index is 827. The Hall–Kier alpha value is -2.04. The highest BCUT2D eigenvalue weighted by molar-refractivity contribution is 6.42. The molecule has 4 nitrogen and oxygen atoms in total. The summed E-state index contributed by atoms with van der Waals surface area (Å²) in [5, 5.41) is 3.92. The first-order valence-electron chi connectivity index (χ1n) is 9.93. The molecule has 2 aromatic carbocycles. The van der Waals surface area contributed by atoms with Gasteiger partial charge in [0, 0.05) is 25.4 Å². The maximum absolute atomic E-state index is 13.1. The van der Waals surface area contributed by atoms with Gasteiger partial charge >= 0.3 is 0 Å². The molecule has 0 bridgehead atoms. The molecule has 2 atom stereocenters. The number of halogens is 2. The molecule has 2 unspecified atom stereocenters. The molecule has 0 heterocycles. The first-order chi connectivity index (χ1) is 13.8. The van der Waals surface area contributed by atoms with Crippen molar-refractivity contribution in [1.29, 1.82) is 0 Å². The monoisotopic (exact) mass is 434 g/mol. The van der Waals surface area contributed by atoms with Crippen LogP contribution in [0.25, 0.3) is 0 Å². The lowest BCUT2D eigenvalue weighted by Crippen LogP contribution is -2.52. The summed E-state index contributed by atoms with van der Waals surface area (Å²) in [4.78, 5) is 27.6. The summed E-state index contributed by atoms with van der Waals surface area (Å²) in [7, 11) is 0. The first-order valence-corrected chi connectivity index (χ1v) is 10.7. The standard InChI is InChI=1S/C23H28Cl2N2O2/c1-4-16(3)26-23(29)21(14-17-9-7-6-8-10-17)27(22(28)5-2)15-18-11-12-19(24)20(25)13-18/h6-13,16,21H,4-5,14-15H2,1-3H3,(H,26,29). The minimum Gasteiger partial charge on any atom is -0.352 e. The van der Waals surface area contributed by atoms with Gasteiger partial charge < -0.3 is 10.2 Å². The van der Waals surface area contributed by atoms with Gasteiger partial charge in [-0.25, -0.2) is 0 Å². The lowest BCUT2D eigenvalue weighted by Gasteiger charge is -2.32. The first kappa shape index (κ1) is 23.2. The van der Waals surface area contributed by atoms with Crippen molar-refractivity contribution in [2.24, 2.45) is 0 Å².